The van der Waals surface area contributed by atoms with Gasteiger partial charge in [0, 0.05) is 15.7 Å². The van der Waals surface area contributed by atoms with Gasteiger partial charge in [0.15, 0.2) is 0 Å². The molecular formula is C14H12Cl2N2OS. The van der Waals surface area contributed by atoms with E-state index in [1.54, 1.807) is 34.9 Å². The molecule has 0 aliphatic carbocycles. The van der Waals surface area contributed by atoms with Crippen molar-refractivity contribution in [2.75, 3.05) is 0 Å². The summed E-state index contributed by atoms with van der Waals surface area (Å²) >= 11 is 17.0. The number of rotatable bonds is 3. The Labute approximate surface area is 131 Å². The van der Waals surface area contributed by atoms with E-state index < -0.39 is 0 Å². The van der Waals surface area contributed by atoms with Crippen molar-refractivity contribution >= 4 is 40.4 Å². The minimum Gasteiger partial charge on any atom is -0.389 e. The topological polar surface area (TPSA) is 48.0 Å². The molecule has 20 heavy (non-hydrogen) atoms. The van der Waals surface area contributed by atoms with E-state index in [1.807, 2.05) is 6.92 Å². The third kappa shape index (κ3) is 3.03. The first-order chi connectivity index (χ1) is 9.40. The maximum atomic E-state index is 12.4. The van der Waals surface area contributed by atoms with Crippen LogP contribution in [-0.2, 0) is 6.54 Å². The van der Waals surface area contributed by atoms with E-state index in [-0.39, 0.29) is 10.5 Å². The smallest absolute Gasteiger partial charge is 0.261 e. The van der Waals surface area contributed by atoms with Crippen LogP contribution in [0.4, 0.5) is 0 Å². The molecule has 2 rings (SSSR count). The molecule has 0 saturated carbocycles. The van der Waals surface area contributed by atoms with E-state index in [9.17, 15) is 4.79 Å². The third-order valence-corrected chi connectivity index (χ3v) is 3.82. The summed E-state index contributed by atoms with van der Waals surface area (Å²) in [5.41, 5.74) is 7.21. The van der Waals surface area contributed by atoms with Crippen molar-refractivity contribution < 1.29 is 0 Å². The lowest BCUT2D eigenvalue weighted by molar-refractivity contribution is 0.728. The van der Waals surface area contributed by atoms with Gasteiger partial charge >= 0.3 is 0 Å². The highest BCUT2D eigenvalue weighted by atomic mass is 35.5. The summed E-state index contributed by atoms with van der Waals surface area (Å²) in [6.45, 7) is 2.16. The molecule has 1 heterocycles. The Morgan fingerprint density at radius 2 is 2.00 bits per heavy atom. The zero-order chi connectivity index (χ0) is 14.9. The third-order valence-electron chi connectivity index (χ3n) is 2.99. The van der Waals surface area contributed by atoms with Crippen LogP contribution >= 0.6 is 35.4 Å². The second kappa shape index (κ2) is 5.95. The van der Waals surface area contributed by atoms with Crippen molar-refractivity contribution in [1.82, 2.24) is 4.57 Å². The van der Waals surface area contributed by atoms with E-state index in [2.05, 4.69) is 0 Å². The summed E-state index contributed by atoms with van der Waals surface area (Å²) in [5.74, 6) is 0. The van der Waals surface area contributed by atoms with Gasteiger partial charge in [-0.3, -0.25) is 4.79 Å². The quantitative estimate of drug-likeness (QED) is 0.881. The zero-order valence-corrected chi connectivity index (χ0v) is 13.0. The molecule has 104 valence electrons. The molecule has 2 N–H and O–H groups in total. The number of aryl methyl sites for hydroxylation is 1. The molecule has 0 fully saturated rings. The van der Waals surface area contributed by atoms with Crippen LogP contribution < -0.4 is 11.3 Å². The molecule has 0 atom stereocenters. The van der Waals surface area contributed by atoms with Crippen molar-refractivity contribution in [1.29, 1.82) is 0 Å². The Hall–Kier alpha value is -1.36. The fraction of sp³-hybridized carbons (Fsp3) is 0.143. The number of hydrogen-bond acceptors (Lipinski definition) is 2. The number of nitrogens with two attached hydrogens (primary N) is 1. The van der Waals surface area contributed by atoms with Crippen molar-refractivity contribution in [2.45, 2.75) is 13.5 Å². The fourth-order valence-corrected chi connectivity index (χ4v) is 2.42. The highest BCUT2D eigenvalue weighted by Crippen LogP contribution is 2.21. The minimum absolute atomic E-state index is 0.0842. The summed E-state index contributed by atoms with van der Waals surface area (Å²) < 4.78 is 1.58. The molecule has 0 radical (unpaired) electrons. The Kier molecular flexibility index (Phi) is 4.48. The molecule has 2 aromatic rings. The van der Waals surface area contributed by atoms with Gasteiger partial charge in [-0.05, 0) is 42.8 Å². The van der Waals surface area contributed by atoms with E-state index in [1.165, 1.54) is 0 Å². The Bertz CT molecular complexity index is 740. The summed E-state index contributed by atoms with van der Waals surface area (Å²) in [6, 6.07) is 8.58. The lowest BCUT2D eigenvalue weighted by Crippen LogP contribution is -2.30. The summed E-state index contributed by atoms with van der Waals surface area (Å²) in [6.07, 6.45) is 0. The Morgan fingerprint density at radius 3 is 2.65 bits per heavy atom. The SMILES string of the molecule is Cc1ccc(C(N)=S)c(=O)n1Cc1cc(Cl)ccc1Cl. The van der Waals surface area contributed by atoms with Crippen LogP contribution in [0.1, 0.15) is 16.8 Å². The van der Waals surface area contributed by atoms with Crippen molar-refractivity contribution in [3.05, 3.63) is 67.6 Å². The van der Waals surface area contributed by atoms with Crippen LogP contribution in [0, 0.1) is 6.92 Å². The standard InChI is InChI=1S/C14H12Cl2N2OS/c1-8-2-4-11(13(17)20)14(19)18(8)7-9-6-10(15)3-5-12(9)16/h2-6H,7H2,1H3,(H2,17,20). The normalized spacial score (nSPS) is 10.6. The lowest BCUT2D eigenvalue weighted by Gasteiger charge is -2.13. The van der Waals surface area contributed by atoms with E-state index in [4.69, 9.17) is 41.2 Å². The first-order valence-corrected chi connectivity index (χ1v) is 7.00. The van der Waals surface area contributed by atoms with Gasteiger partial charge in [-0.15, -0.1) is 0 Å². The van der Waals surface area contributed by atoms with E-state index in [0.717, 1.165) is 11.3 Å². The molecule has 1 aromatic heterocycles. The molecule has 6 heteroatoms. The molecule has 0 aliphatic rings. The fourth-order valence-electron chi connectivity index (χ4n) is 1.89. The maximum Gasteiger partial charge on any atom is 0.261 e. The van der Waals surface area contributed by atoms with Gasteiger partial charge in [0.2, 0.25) is 0 Å². The predicted octanol–water partition coefficient (Wildman–Crippen LogP) is 3.15. The summed E-state index contributed by atoms with van der Waals surface area (Å²) in [7, 11) is 0. The predicted molar refractivity (Wildman–Crippen MR) is 86.9 cm³/mol. The minimum atomic E-state index is -0.228. The Morgan fingerprint density at radius 1 is 1.30 bits per heavy atom. The number of nitrogens with zero attached hydrogens (tertiary/aromatic N) is 1. The molecule has 1 aromatic carbocycles. The number of pyridine rings is 1. The van der Waals surface area contributed by atoms with Crippen molar-refractivity contribution in [3.8, 4) is 0 Å². The van der Waals surface area contributed by atoms with Gasteiger partial charge in [0.25, 0.3) is 5.56 Å². The zero-order valence-electron chi connectivity index (χ0n) is 10.7. The number of hydrogen-bond donors (Lipinski definition) is 1. The highest BCUT2D eigenvalue weighted by Gasteiger charge is 2.10. The van der Waals surface area contributed by atoms with Crippen LogP contribution in [0.3, 0.4) is 0 Å². The first-order valence-electron chi connectivity index (χ1n) is 5.84. The van der Waals surface area contributed by atoms with E-state index >= 15 is 0 Å². The molecule has 0 spiro atoms. The second-order valence-electron chi connectivity index (χ2n) is 4.38. The first kappa shape index (κ1) is 15.0. The molecule has 0 aliphatic heterocycles. The number of aromatic nitrogens is 1. The highest BCUT2D eigenvalue weighted by molar-refractivity contribution is 7.80. The summed E-state index contributed by atoms with van der Waals surface area (Å²) in [4.78, 5) is 12.4. The van der Waals surface area contributed by atoms with Gasteiger partial charge in [-0.2, -0.15) is 0 Å². The van der Waals surface area contributed by atoms with Gasteiger partial charge in [-0.25, -0.2) is 0 Å². The van der Waals surface area contributed by atoms with Gasteiger partial charge in [0.05, 0.1) is 12.1 Å². The van der Waals surface area contributed by atoms with E-state index in [0.29, 0.717) is 22.2 Å². The van der Waals surface area contributed by atoms with Crippen LogP contribution in [0.15, 0.2) is 35.1 Å². The molecule has 0 bridgehead atoms. The van der Waals surface area contributed by atoms with Crippen molar-refractivity contribution in [3.63, 3.8) is 0 Å². The van der Waals surface area contributed by atoms with Gasteiger partial charge in [-0.1, -0.05) is 35.4 Å². The Balaban J connectivity index is 2.53. The molecular weight excluding hydrogens is 315 g/mol. The average Bonchev–Trinajstić information content (AvgIpc) is 2.38. The molecule has 0 saturated heterocycles. The maximum absolute atomic E-state index is 12.4. The van der Waals surface area contributed by atoms with Gasteiger partial charge in [0.1, 0.15) is 4.99 Å². The van der Waals surface area contributed by atoms with Crippen LogP contribution in [0.25, 0.3) is 0 Å². The molecule has 0 unspecified atom stereocenters. The molecule has 3 nitrogen and oxygen atoms in total. The van der Waals surface area contributed by atoms with Crippen LogP contribution in [0.2, 0.25) is 10.0 Å². The van der Waals surface area contributed by atoms with Crippen molar-refractivity contribution in [2.24, 2.45) is 5.73 Å². The largest absolute Gasteiger partial charge is 0.389 e. The second-order valence-corrected chi connectivity index (χ2v) is 5.66. The average molecular weight is 327 g/mol. The van der Waals surface area contributed by atoms with Crippen LogP contribution in [-0.4, -0.2) is 9.56 Å². The lowest BCUT2D eigenvalue weighted by atomic mass is 10.2. The monoisotopic (exact) mass is 326 g/mol. The van der Waals surface area contributed by atoms with Gasteiger partial charge < -0.3 is 10.3 Å². The summed E-state index contributed by atoms with van der Waals surface area (Å²) in [5, 5.41) is 1.13. The van der Waals surface area contributed by atoms with Crippen LogP contribution in [0.5, 0.6) is 0 Å². The number of thiocarbonyl (C=S) groups is 1. The number of halogens is 2. The number of benzene rings is 1. The molecule has 0 amide bonds.